The predicted molar refractivity (Wildman–Crippen MR) is 72.1 cm³/mol. The van der Waals surface area contributed by atoms with Crippen LogP contribution in [0.15, 0.2) is 22.7 Å². The summed E-state index contributed by atoms with van der Waals surface area (Å²) in [4.78, 5) is 2.30. The summed E-state index contributed by atoms with van der Waals surface area (Å²) in [6, 6.07) is 6.02. The minimum atomic E-state index is 0.0642. The Kier molecular flexibility index (Phi) is 4.42. The van der Waals surface area contributed by atoms with Crippen molar-refractivity contribution in [1.82, 2.24) is 0 Å². The number of anilines is 1. The highest BCUT2D eigenvalue weighted by atomic mass is 79.9. The van der Waals surface area contributed by atoms with Gasteiger partial charge in [-0.05, 0) is 37.0 Å². The van der Waals surface area contributed by atoms with Crippen LogP contribution in [0.4, 0.5) is 5.69 Å². The average Bonchev–Trinajstić information content (AvgIpc) is 2.39. The van der Waals surface area contributed by atoms with Crippen molar-refractivity contribution in [2.75, 3.05) is 24.6 Å². The van der Waals surface area contributed by atoms with Crippen molar-refractivity contribution < 1.29 is 10.2 Å². The Morgan fingerprint density at radius 1 is 1.24 bits per heavy atom. The molecule has 1 aliphatic heterocycles. The fraction of sp³-hybridized carbons (Fsp3) is 0.538. The smallest absolute Gasteiger partial charge is 0.0702 e. The van der Waals surface area contributed by atoms with Crippen molar-refractivity contribution in [1.29, 1.82) is 0 Å². The van der Waals surface area contributed by atoms with Crippen molar-refractivity contribution in [2.45, 2.75) is 19.4 Å². The molecule has 1 aromatic rings. The molecule has 1 aliphatic rings. The molecule has 4 heteroatoms. The van der Waals surface area contributed by atoms with E-state index in [9.17, 15) is 5.11 Å². The van der Waals surface area contributed by atoms with Gasteiger partial charge >= 0.3 is 0 Å². The van der Waals surface area contributed by atoms with Gasteiger partial charge in [-0.1, -0.05) is 15.9 Å². The van der Waals surface area contributed by atoms with Crippen LogP contribution in [0.1, 0.15) is 18.4 Å². The van der Waals surface area contributed by atoms with Crippen LogP contribution in [0, 0.1) is 5.92 Å². The Morgan fingerprint density at radius 3 is 2.53 bits per heavy atom. The summed E-state index contributed by atoms with van der Waals surface area (Å²) in [5.41, 5.74) is 2.08. The summed E-state index contributed by atoms with van der Waals surface area (Å²) >= 11 is 3.42. The van der Waals surface area contributed by atoms with Gasteiger partial charge in [0.1, 0.15) is 0 Å². The third-order valence-electron chi connectivity index (χ3n) is 3.43. The number of benzene rings is 1. The molecule has 17 heavy (non-hydrogen) atoms. The first kappa shape index (κ1) is 12.9. The van der Waals surface area contributed by atoms with Crippen molar-refractivity contribution in [3.63, 3.8) is 0 Å². The van der Waals surface area contributed by atoms with Crippen LogP contribution in [-0.2, 0) is 6.61 Å². The SMILES string of the molecule is OCc1cc(Br)ccc1N1CCC(CO)CC1. The molecule has 1 saturated heterocycles. The fourth-order valence-corrected chi connectivity index (χ4v) is 2.75. The Balaban J connectivity index is 2.12. The van der Waals surface area contributed by atoms with Gasteiger partial charge in [-0.15, -0.1) is 0 Å². The molecule has 0 aromatic heterocycles. The molecular formula is C13H18BrNO2. The molecule has 94 valence electrons. The second-order valence-electron chi connectivity index (χ2n) is 4.54. The molecule has 3 nitrogen and oxygen atoms in total. The van der Waals surface area contributed by atoms with E-state index in [-0.39, 0.29) is 6.61 Å². The number of piperidine rings is 1. The van der Waals surface area contributed by atoms with Gasteiger partial charge in [0.25, 0.3) is 0 Å². The molecule has 2 N–H and O–H groups in total. The molecule has 1 fully saturated rings. The predicted octanol–water partition coefficient (Wildman–Crippen LogP) is 2.15. The maximum absolute atomic E-state index is 9.38. The Hall–Kier alpha value is -0.580. The molecule has 0 aliphatic carbocycles. The third-order valence-corrected chi connectivity index (χ3v) is 3.92. The van der Waals surface area contributed by atoms with Gasteiger partial charge in [0.15, 0.2) is 0 Å². The summed E-state index contributed by atoms with van der Waals surface area (Å²) in [6.07, 6.45) is 2.05. The molecule has 2 rings (SSSR count). The van der Waals surface area contributed by atoms with Crippen molar-refractivity contribution >= 4 is 21.6 Å². The molecule has 0 amide bonds. The second-order valence-corrected chi connectivity index (χ2v) is 5.46. The first-order chi connectivity index (χ1) is 8.24. The van der Waals surface area contributed by atoms with Gasteiger partial charge in [-0.25, -0.2) is 0 Å². The van der Waals surface area contributed by atoms with Gasteiger partial charge < -0.3 is 15.1 Å². The summed E-state index contributed by atoms with van der Waals surface area (Å²) < 4.78 is 0.996. The maximum Gasteiger partial charge on any atom is 0.0702 e. The number of rotatable bonds is 3. The largest absolute Gasteiger partial charge is 0.396 e. The van der Waals surface area contributed by atoms with E-state index >= 15 is 0 Å². The lowest BCUT2D eigenvalue weighted by Gasteiger charge is -2.34. The van der Waals surface area contributed by atoms with E-state index in [0.717, 1.165) is 41.7 Å². The van der Waals surface area contributed by atoms with Gasteiger partial charge in [-0.3, -0.25) is 0 Å². The molecule has 1 heterocycles. The van der Waals surface area contributed by atoms with E-state index in [2.05, 4.69) is 26.9 Å². The number of aliphatic hydroxyl groups is 2. The number of aliphatic hydroxyl groups excluding tert-OH is 2. The van der Waals surface area contributed by atoms with Crippen LogP contribution in [0.2, 0.25) is 0 Å². The van der Waals surface area contributed by atoms with E-state index in [0.29, 0.717) is 12.5 Å². The average molecular weight is 300 g/mol. The van der Waals surface area contributed by atoms with Gasteiger partial charge in [0.05, 0.1) is 6.61 Å². The Labute approximate surface area is 110 Å². The lowest BCUT2D eigenvalue weighted by atomic mass is 9.97. The summed E-state index contributed by atoms with van der Waals surface area (Å²) in [6.45, 7) is 2.27. The topological polar surface area (TPSA) is 43.7 Å². The van der Waals surface area contributed by atoms with E-state index in [4.69, 9.17) is 5.11 Å². The van der Waals surface area contributed by atoms with E-state index in [1.165, 1.54) is 0 Å². The zero-order valence-corrected chi connectivity index (χ0v) is 11.4. The molecule has 1 aromatic carbocycles. The zero-order valence-electron chi connectivity index (χ0n) is 9.77. The van der Waals surface area contributed by atoms with Crippen LogP contribution in [-0.4, -0.2) is 29.9 Å². The highest BCUT2D eigenvalue weighted by Gasteiger charge is 2.20. The molecular weight excluding hydrogens is 282 g/mol. The van der Waals surface area contributed by atoms with Gasteiger partial charge in [0.2, 0.25) is 0 Å². The molecule has 0 spiro atoms. The van der Waals surface area contributed by atoms with Crippen LogP contribution >= 0.6 is 15.9 Å². The highest BCUT2D eigenvalue weighted by molar-refractivity contribution is 9.10. The fourth-order valence-electron chi connectivity index (χ4n) is 2.35. The normalized spacial score (nSPS) is 17.5. The summed E-state index contributed by atoms with van der Waals surface area (Å²) in [5, 5.41) is 18.5. The third kappa shape index (κ3) is 3.00. The number of halogens is 1. The lowest BCUT2D eigenvalue weighted by Crippen LogP contribution is -2.35. The molecule has 0 atom stereocenters. The van der Waals surface area contributed by atoms with Gasteiger partial charge in [-0.2, -0.15) is 0 Å². The summed E-state index contributed by atoms with van der Waals surface area (Å²) in [7, 11) is 0. The second kappa shape index (κ2) is 5.85. The van der Waals surface area contributed by atoms with E-state index in [1.54, 1.807) is 0 Å². The molecule has 0 saturated carbocycles. The number of nitrogens with zero attached hydrogens (tertiary/aromatic N) is 1. The number of hydrogen-bond donors (Lipinski definition) is 2. The zero-order chi connectivity index (χ0) is 12.3. The monoisotopic (exact) mass is 299 g/mol. The Morgan fingerprint density at radius 2 is 1.94 bits per heavy atom. The maximum atomic E-state index is 9.38. The Bertz CT molecular complexity index is 376. The quantitative estimate of drug-likeness (QED) is 0.899. The van der Waals surface area contributed by atoms with E-state index in [1.807, 2.05) is 12.1 Å². The van der Waals surface area contributed by atoms with Crippen molar-refractivity contribution in [3.05, 3.63) is 28.2 Å². The van der Waals surface area contributed by atoms with Crippen molar-refractivity contribution in [3.8, 4) is 0 Å². The van der Waals surface area contributed by atoms with E-state index < -0.39 is 0 Å². The minimum Gasteiger partial charge on any atom is -0.396 e. The standard InChI is InChI=1S/C13H18BrNO2/c14-12-1-2-13(11(7-12)9-17)15-5-3-10(8-16)4-6-15/h1-2,7,10,16-17H,3-6,8-9H2. The van der Waals surface area contributed by atoms with Crippen LogP contribution in [0.5, 0.6) is 0 Å². The minimum absolute atomic E-state index is 0.0642. The lowest BCUT2D eigenvalue weighted by molar-refractivity contribution is 0.202. The van der Waals surface area contributed by atoms with Gasteiger partial charge in [0, 0.05) is 35.4 Å². The first-order valence-corrected chi connectivity index (χ1v) is 6.79. The first-order valence-electron chi connectivity index (χ1n) is 5.99. The summed E-state index contributed by atoms with van der Waals surface area (Å²) in [5.74, 6) is 0.444. The highest BCUT2D eigenvalue weighted by Crippen LogP contribution is 2.28. The molecule has 0 bridgehead atoms. The van der Waals surface area contributed by atoms with Crippen LogP contribution < -0.4 is 4.90 Å². The van der Waals surface area contributed by atoms with Crippen LogP contribution in [0.25, 0.3) is 0 Å². The number of hydrogen-bond acceptors (Lipinski definition) is 3. The molecule has 0 radical (unpaired) electrons. The molecule has 0 unspecified atom stereocenters. The van der Waals surface area contributed by atoms with Crippen LogP contribution in [0.3, 0.4) is 0 Å². The van der Waals surface area contributed by atoms with Crippen molar-refractivity contribution in [2.24, 2.45) is 5.92 Å².